The topological polar surface area (TPSA) is 34.0 Å². The van der Waals surface area contributed by atoms with Crippen molar-refractivity contribution in [2.75, 3.05) is 19.0 Å². The summed E-state index contributed by atoms with van der Waals surface area (Å²) in [5, 5.41) is 4.61. The Bertz CT molecular complexity index is 702. The van der Waals surface area contributed by atoms with Crippen LogP contribution in [-0.4, -0.2) is 28.9 Å². The van der Waals surface area contributed by atoms with Crippen molar-refractivity contribution in [2.45, 2.75) is 6.54 Å². The van der Waals surface area contributed by atoms with Crippen molar-refractivity contribution >= 4 is 5.95 Å². The standard InChI is InChI=1S/C17H18N4/c1-20(2)17-18-16(15-11-7-4-8-12-15)21(19-17)13-14-9-5-3-6-10-14/h3-12H,13H2,1-2H3. The van der Waals surface area contributed by atoms with Crippen molar-refractivity contribution in [3.63, 3.8) is 0 Å². The Balaban J connectivity index is 2.02. The monoisotopic (exact) mass is 278 g/mol. The molecular formula is C17H18N4. The second kappa shape index (κ2) is 5.79. The van der Waals surface area contributed by atoms with Crippen LogP contribution >= 0.6 is 0 Å². The van der Waals surface area contributed by atoms with Gasteiger partial charge in [-0.15, -0.1) is 5.10 Å². The van der Waals surface area contributed by atoms with E-state index in [0.717, 1.165) is 17.3 Å². The van der Waals surface area contributed by atoms with Gasteiger partial charge in [-0.25, -0.2) is 4.68 Å². The van der Waals surface area contributed by atoms with Crippen LogP contribution in [0.5, 0.6) is 0 Å². The van der Waals surface area contributed by atoms with Crippen molar-refractivity contribution in [2.24, 2.45) is 0 Å². The summed E-state index contributed by atoms with van der Waals surface area (Å²) in [5.41, 5.74) is 2.29. The molecule has 0 bridgehead atoms. The van der Waals surface area contributed by atoms with Gasteiger partial charge in [0.05, 0.1) is 6.54 Å². The number of anilines is 1. The number of hydrogen-bond acceptors (Lipinski definition) is 3. The fourth-order valence-corrected chi connectivity index (χ4v) is 2.19. The second-order valence-corrected chi connectivity index (χ2v) is 5.14. The maximum absolute atomic E-state index is 4.65. The van der Waals surface area contributed by atoms with E-state index in [2.05, 4.69) is 34.3 Å². The Morgan fingerprint density at radius 1 is 0.905 bits per heavy atom. The molecule has 0 saturated carbocycles. The lowest BCUT2D eigenvalue weighted by molar-refractivity contribution is 0.691. The highest BCUT2D eigenvalue weighted by Gasteiger charge is 2.13. The molecule has 0 amide bonds. The lowest BCUT2D eigenvalue weighted by Crippen LogP contribution is -2.11. The largest absolute Gasteiger partial charge is 0.346 e. The van der Waals surface area contributed by atoms with Crippen molar-refractivity contribution < 1.29 is 0 Å². The third-order valence-electron chi connectivity index (χ3n) is 3.27. The van der Waals surface area contributed by atoms with Gasteiger partial charge >= 0.3 is 0 Å². The molecule has 0 aliphatic rings. The minimum atomic E-state index is 0.714. The van der Waals surface area contributed by atoms with Crippen molar-refractivity contribution in [1.29, 1.82) is 0 Å². The van der Waals surface area contributed by atoms with E-state index in [0.29, 0.717) is 6.54 Å². The molecule has 3 rings (SSSR count). The van der Waals surface area contributed by atoms with E-state index in [1.54, 1.807) is 0 Å². The van der Waals surface area contributed by atoms with E-state index in [1.807, 2.05) is 60.1 Å². The summed E-state index contributed by atoms with van der Waals surface area (Å²) < 4.78 is 1.96. The van der Waals surface area contributed by atoms with Crippen molar-refractivity contribution in [3.05, 3.63) is 66.2 Å². The van der Waals surface area contributed by atoms with Gasteiger partial charge in [-0.1, -0.05) is 60.7 Å². The van der Waals surface area contributed by atoms with Gasteiger partial charge in [-0.05, 0) is 5.56 Å². The predicted molar refractivity (Wildman–Crippen MR) is 85.3 cm³/mol. The molecule has 0 atom stereocenters. The Kier molecular flexibility index (Phi) is 3.69. The second-order valence-electron chi connectivity index (χ2n) is 5.14. The maximum Gasteiger partial charge on any atom is 0.244 e. The number of nitrogens with zero attached hydrogens (tertiary/aromatic N) is 4. The Hall–Kier alpha value is -2.62. The molecule has 21 heavy (non-hydrogen) atoms. The maximum atomic E-state index is 4.65. The average molecular weight is 278 g/mol. The minimum absolute atomic E-state index is 0.714. The molecule has 0 fully saturated rings. The first-order chi connectivity index (χ1) is 10.2. The Morgan fingerprint density at radius 2 is 1.52 bits per heavy atom. The van der Waals surface area contributed by atoms with Gasteiger partial charge in [-0.3, -0.25) is 0 Å². The van der Waals surface area contributed by atoms with E-state index in [1.165, 1.54) is 5.56 Å². The molecule has 0 aliphatic heterocycles. The van der Waals surface area contributed by atoms with Gasteiger partial charge in [0.1, 0.15) is 0 Å². The van der Waals surface area contributed by atoms with Crippen LogP contribution in [0.2, 0.25) is 0 Å². The summed E-state index contributed by atoms with van der Waals surface area (Å²) in [6.07, 6.45) is 0. The van der Waals surface area contributed by atoms with Crippen LogP contribution in [0.25, 0.3) is 11.4 Å². The Morgan fingerprint density at radius 3 is 2.14 bits per heavy atom. The van der Waals surface area contributed by atoms with Crippen LogP contribution in [0.3, 0.4) is 0 Å². The molecule has 106 valence electrons. The van der Waals surface area contributed by atoms with E-state index in [9.17, 15) is 0 Å². The summed E-state index contributed by atoms with van der Waals surface area (Å²) in [6, 6.07) is 20.5. The minimum Gasteiger partial charge on any atom is -0.346 e. The molecule has 3 aromatic rings. The summed E-state index contributed by atoms with van der Waals surface area (Å²) in [4.78, 5) is 6.58. The number of benzene rings is 2. The third-order valence-corrected chi connectivity index (χ3v) is 3.27. The van der Waals surface area contributed by atoms with Crippen LogP contribution in [0.1, 0.15) is 5.56 Å². The van der Waals surface area contributed by atoms with Crippen LogP contribution in [0.15, 0.2) is 60.7 Å². The van der Waals surface area contributed by atoms with Crippen molar-refractivity contribution in [1.82, 2.24) is 14.8 Å². The summed E-state index contributed by atoms with van der Waals surface area (Å²) in [7, 11) is 3.91. The SMILES string of the molecule is CN(C)c1nc(-c2ccccc2)n(Cc2ccccc2)n1. The lowest BCUT2D eigenvalue weighted by Gasteiger charge is -2.06. The molecule has 4 nitrogen and oxygen atoms in total. The molecule has 0 unspecified atom stereocenters. The van der Waals surface area contributed by atoms with E-state index >= 15 is 0 Å². The van der Waals surface area contributed by atoms with Crippen molar-refractivity contribution in [3.8, 4) is 11.4 Å². The van der Waals surface area contributed by atoms with Gasteiger partial charge in [0.15, 0.2) is 5.82 Å². The van der Waals surface area contributed by atoms with Crippen LogP contribution in [0.4, 0.5) is 5.95 Å². The van der Waals surface area contributed by atoms with Crippen LogP contribution < -0.4 is 4.90 Å². The van der Waals surface area contributed by atoms with Gasteiger partial charge < -0.3 is 4.90 Å². The van der Waals surface area contributed by atoms with E-state index in [-0.39, 0.29) is 0 Å². The first-order valence-corrected chi connectivity index (χ1v) is 6.95. The highest BCUT2D eigenvalue weighted by atomic mass is 15.4. The molecule has 1 heterocycles. The molecule has 1 aromatic heterocycles. The van der Waals surface area contributed by atoms with Gasteiger partial charge in [0.2, 0.25) is 5.95 Å². The summed E-state index contributed by atoms with van der Waals surface area (Å²) in [5.74, 6) is 1.62. The van der Waals surface area contributed by atoms with Gasteiger partial charge in [-0.2, -0.15) is 4.98 Å². The van der Waals surface area contributed by atoms with Gasteiger partial charge in [0, 0.05) is 19.7 Å². The van der Waals surface area contributed by atoms with E-state index < -0.39 is 0 Å². The molecule has 0 saturated heterocycles. The molecule has 0 radical (unpaired) electrons. The summed E-state index contributed by atoms with van der Waals surface area (Å²) >= 11 is 0. The molecule has 2 aromatic carbocycles. The zero-order chi connectivity index (χ0) is 14.7. The van der Waals surface area contributed by atoms with Gasteiger partial charge in [0.25, 0.3) is 0 Å². The fraction of sp³-hybridized carbons (Fsp3) is 0.176. The predicted octanol–water partition coefficient (Wildman–Crippen LogP) is 3.06. The first-order valence-electron chi connectivity index (χ1n) is 6.95. The number of rotatable bonds is 4. The van der Waals surface area contributed by atoms with Crippen LogP contribution in [-0.2, 0) is 6.54 Å². The normalized spacial score (nSPS) is 10.6. The molecule has 0 aliphatic carbocycles. The number of aromatic nitrogens is 3. The average Bonchev–Trinajstić information content (AvgIpc) is 2.93. The van der Waals surface area contributed by atoms with E-state index in [4.69, 9.17) is 0 Å². The third kappa shape index (κ3) is 2.94. The Labute approximate surface area is 124 Å². The first kappa shape index (κ1) is 13.4. The highest BCUT2D eigenvalue weighted by Crippen LogP contribution is 2.20. The molecular weight excluding hydrogens is 260 g/mol. The lowest BCUT2D eigenvalue weighted by atomic mass is 10.2. The molecule has 4 heteroatoms. The molecule has 0 spiro atoms. The summed E-state index contributed by atoms with van der Waals surface area (Å²) in [6.45, 7) is 0.714. The smallest absolute Gasteiger partial charge is 0.244 e. The quantitative estimate of drug-likeness (QED) is 0.735. The number of hydrogen-bond donors (Lipinski definition) is 0. The zero-order valence-corrected chi connectivity index (χ0v) is 12.3. The highest BCUT2D eigenvalue weighted by molar-refractivity contribution is 5.57. The van der Waals surface area contributed by atoms with Crippen LogP contribution in [0, 0.1) is 0 Å². The fourth-order valence-electron chi connectivity index (χ4n) is 2.19. The molecule has 0 N–H and O–H groups in total. The zero-order valence-electron chi connectivity index (χ0n) is 12.3.